The Labute approximate surface area is 347 Å². The molecule has 328 valence electrons. The maximum absolute atomic E-state index is 11.7. The predicted octanol–water partition coefficient (Wildman–Crippen LogP) is 11.0. The fourth-order valence-electron chi connectivity index (χ4n) is 4.49. The molecular formula is C44H64F3N5O7. The standard InChI is InChI=1S/C21H30N4O4.C14H17NO.C7H14O2.C2H3F3/c1-6-12-25(16(2)23-15-26)13-7-14-28-18-10-8-17(9-11-18)19(22)24-20(27)29-21(3,4)5;1-3-4-5-13-9-12-8-11(10(2)15)6-7-14(12)16-13;1-5-6(8)9-7(2,3)4;1-2(3,4)5/h6,8-12,15H,7,13-14H2,1-5H3,(H2,22,24,27);6-9,15H,3-5H2,1-2H3;5H2,1-4H3;1H3/b12-6-,23-16?;;;. The number of furan rings is 1. The van der Waals surface area contributed by atoms with Crippen molar-refractivity contribution >= 4 is 46.8 Å². The highest BCUT2D eigenvalue weighted by Crippen LogP contribution is 2.22. The monoisotopic (exact) mass is 831 g/mol. The van der Waals surface area contributed by atoms with E-state index in [1.165, 1.54) is 6.42 Å². The van der Waals surface area contributed by atoms with Crippen molar-refractivity contribution in [3.05, 3.63) is 77.7 Å². The molecule has 3 rings (SSSR count). The van der Waals surface area contributed by atoms with Crippen molar-refractivity contribution in [3.8, 4) is 5.75 Å². The third-order valence-electron chi connectivity index (χ3n) is 7.04. The number of nitrogens with zero attached hydrogens (tertiary/aromatic N) is 3. The second-order valence-corrected chi connectivity index (χ2v) is 15.1. The number of benzene rings is 2. The Kier molecular flexibility index (Phi) is 24.1. The summed E-state index contributed by atoms with van der Waals surface area (Å²) in [5.74, 6) is 2.30. The van der Waals surface area contributed by atoms with Gasteiger partial charge in [0.05, 0.1) is 6.61 Å². The van der Waals surface area contributed by atoms with Crippen LogP contribution in [0.5, 0.6) is 5.75 Å². The van der Waals surface area contributed by atoms with Gasteiger partial charge in [0.1, 0.15) is 40.0 Å². The number of allylic oxidation sites excluding steroid dienone is 1. The molecule has 0 aliphatic heterocycles. The lowest BCUT2D eigenvalue weighted by molar-refractivity contribution is -0.154. The molecule has 3 N–H and O–H groups in total. The molecule has 3 aromatic rings. The third-order valence-corrected chi connectivity index (χ3v) is 7.04. The number of unbranched alkanes of at least 4 members (excludes halogenated alkanes) is 1. The van der Waals surface area contributed by atoms with Crippen LogP contribution in [0.3, 0.4) is 0 Å². The Morgan fingerprint density at radius 3 is 1.95 bits per heavy atom. The second-order valence-electron chi connectivity index (χ2n) is 15.1. The van der Waals surface area contributed by atoms with Crippen LogP contribution in [0.2, 0.25) is 0 Å². The molecule has 0 saturated carbocycles. The van der Waals surface area contributed by atoms with E-state index in [0.29, 0.717) is 48.8 Å². The number of nitrogens with one attached hydrogen (secondary N) is 1. The molecule has 0 aliphatic carbocycles. The summed E-state index contributed by atoms with van der Waals surface area (Å²) in [7, 11) is 0. The molecule has 0 fully saturated rings. The minimum Gasteiger partial charge on any atom is -0.494 e. The van der Waals surface area contributed by atoms with Gasteiger partial charge in [0.15, 0.2) is 0 Å². The number of alkyl halides is 3. The first-order valence-corrected chi connectivity index (χ1v) is 19.4. The highest BCUT2D eigenvalue weighted by molar-refractivity contribution is 6.03. The average Bonchev–Trinajstić information content (AvgIpc) is 3.53. The molecule has 59 heavy (non-hydrogen) atoms. The first-order valence-electron chi connectivity index (χ1n) is 19.4. The fraction of sp³-hybridized carbons (Fsp3) is 0.500. The van der Waals surface area contributed by atoms with Crippen molar-refractivity contribution < 1.29 is 46.2 Å². The molecule has 0 atom stereocenters. The van der Waals surface area contributed by atoms with Gasteiger partial charge in [0, 0.05) is 49.2 Å². The van der Waals surface area contributed by atoms with E-state index in [2.05, 4.69) is 23.0 Å². The van der Waals surface area contributed by atoms with Crippen LogP contribution < -0.4 is 10.5 Å². The largest absolute Gasteiger partial charge is 0.494 e. The van der Waals surface area contributed by atoms with E-state index >= 15 is 0 Å². The van der Waals surface area contributed by atoms with E-state index in [4.69, 9.17) is 29.8 Å². The van der Waals surface area contributed by atoms with E-state index < -0.39 is 17.9 Å². The lowest BCUT2D eigenvalue weighted by atomic mass is 10.1. The molecule has 0 unspecified atom stereocenters. The molecule has 2 aromatic carbocycles. The molecule has 1 aromatic heterocycles. The first-order chi connectivity index (χ1) is 27.3. The highest BCUT2D eigenvalue weighted by Gasteiger charge is 2.17. The Morgan fingerprint density at radius 1 is 0.898 bits per heavy atom. The summed E-state index contributed by atoms with van der Waals surface area (Å²) >= 11 is 0. The number of ether oxygens (including phenoxy) is 3. The molecule has 0 bridgehead atoms. The summed E-state index contributed by atoms with van der Waals surface area (Å²) < 4.78 is 52.6. The van der Waals surface area contributed by atoms with Gasteiger partial charge in [-0.2, -0.15) is 18.2 Å². The molecular weight excluding hydrogens is 768 g/mol. The van der Waals surface area contributed by atoms with Crippen LogP contribution in [0.15, 0.2) is 75.2 Å². The number of hydrogen-bond acceptors (Lipinski definition) is 8. The predicted molar refractivity (Wildman–Crippen MR) is 229 cm³/mol. The van der Waals surface area contributed by atoms with Gasteiger partial charge in [-0.25, -0.2) is 9.79 Å². The van der Waals surface area contributed by atoms with Crippen LogP contribution in [0, 0.1) is 5.41 Å². The van der Waals surface area contributed by atoms with Gasteiger partial charge in [-0.05, 0) is 129 Å². The Hall–Kier alpha value is -5.47. The summed E-state index contributed by atoms with van der Waals surface area (Å²) in [5, 5.41) is 8.70. The molecule has 0 aliphatic rings. The maximum atomic E-state index is 11.7. The number of fused-ring (bicyclic) bond motifs is 1. The number of rotatable bonds is 13. The Bertz CT molecular complexity index is 1830. The number of halogens is 3. The van der Waals surface area contributed by atoms with E-state index in [9.17, 15) is 27.6 Å². The normalized spacial score (nSPS) is 11.9. The topological polar surface area (TPSA) is 170 Å². The zero-order chi connectivity index (χ0) is 45.4. The lowest BCUT2D eigenvalue weighted by Crippen LogP contribution is -2.25. The zero-order valence-electron chi connectivity index (χ0n) is 36.7. The number of esters is 1. The average molecular weight is 832 g/mol. The number of carbonyl (C=O) groups is 3. The maximum Gasteiger partial charge on any atom is 0.436 e. The number of carbonyl (C=O) groups excluding carboxylic acids is 3. The number of amides is 2. The van der Waals surface area contributed by atoms with Crippen LogP contribution in [0.4, 0.5) is 18.0 Å². The summed E-state index contributed by atoms with van der Waals surface area (Å²) in [6.07, 6.45) is 4.09. The molecule has 0 saturated heterocycles. The minimum absolute atomic E-state index is 0.0812. The van der Waals surface area contributed by atoms with Crippen molar-refractivity contribution in [3.63, 3.8) is 0 Å². The van der Waals surface area contributed by atoms with E-state index in [0.717, 1.165) is 41.6 Å². The highest BCUT2D eigenvalue weighted by atomic mass is 19.4. The van der Waals surface area contributed by atoms with Gasteiger partial charge in [-0.1, -0.05) is 26.3 Å². The second kappa shape index (κ2) is 26.5. The van der Waals surface area contributed by atoms with Crippen LogP contribution in [0.1, 0.15) is 126 Å². The van der Waals surface area contributed by atoms with E-state index in [1.807, 2.05) is 63.1 Å². The molecule has 2 amide bonds. The smallest absolute Gasteiger partial charge is 0.436 e. The quantitative estimate of drug-likeness (QED) is 0.0559. The molecule has 0 radical (unpaired) electrons. The number of amidine groups is 2. The first kappa shape index (κ1) is 53.5. The lowest BCUT2D eigenvalue weighted by Gasteiger charge is -2.19. The summed E-state index contributed by atoms with van der Waals surface area (Å²) in [4.78, 5) is 42.3. The van der Waals surface area contributed by atoms with Gasteiger partial charge in [-0.3, -0.25) is 9.59 Å². The Balaban J connectivity index is 0.000000926. The summed E-state index contributed by atoms with van der Waals surface area (Å²) in [6.45, 7) is 21.7. The summed E-state index contributed by atoms with van der Waals surface area (Å²) in [6, 6.07) is 15.0. The molecule has 1 heterocycles. The molecule has 0 spiro atoms. The van der Waals surface area contributed by atoms with Crippen molar-refractivity contribution in [2.75, 3.05) is 13.2 Å². The number of nitrogens with two attached hydrogens (primary N) is 1. The van der Waals surface area contributed by atoms with Gasteiger partial charge in [0.2, 0.25) is 6.41 Å². The van der Waals surface area contributed by atoms with Gasteiger partial charge < -0.3 is 34.7 Å². The van der Waals surface area contributed by atoms with Crippen molar-refractivity contribution in [2.45, 2.75) is 133 Å². The van der Waals surface area contributed by atoms with Crippen LogP contribution in [0.25, 0.3) is 11.0 Å². The van der Waals surface area contributed by atoms with Crippen LogP contribution in [-0.4, -0.2) is 71.3 Å². The van der Waals surface area contributed by atoms with Crippen LogP contribution in [-0.2, 0) is 25.5 Å². The van der Waals surface area contributed by atoms with Gasteiger partial charge in [-0.15, -0.1) is 0 Å². The SMILES string of the molecule is C/C=C\N(CCCOc1ccc(/C(N)=N/C(=O)OC(C)(C)C)cc1)C(C)=NC=O.CC(F)(F)F.CCC(=O)OC(C)(C)C.CCCCc1cc2cc(C(C)=N)ccc2o1. The van der Waals surface area contributed by atoms with E-state index in [1.54, 1.807) is 65.8 Å². The van der Waals surface area contributed by atoms with Crippen molar-refractivity contribution in [2.24, 2.45) is 15.7 Å². The van der Waals surface area contributed by atoms with Gasteiger partial charge >= 0.3 is 18.2 Å². The van der Waals surface area contributed by atoms with Gasteiger partial charge in [0.25, 0.3) is 0 Å². The number of aryl methyl sites for hydroxylation is 1. The minimum atomic E-state index is -4.00. The van der Waals surface area contributed by atoms with E-state index in [-0.39, 0.29) is 24.3 Å². The van der Waals surface area contributed by atoms with Crippen molar-refractivity contribution in [1.82, 2.24) is 4.90 Å². The Morgan fingerprint density at radius 2 is 1.47 bits per heavy atom. The summed E-state index contributed by atoms with van der Waals surface area (Å²) in [5.41, 5.74) is 8.00. The fourth-order valence-corrected chi connectivity index (χ4v) is 4.49. The van der Waals surface area contributed by atoms with Crippen molar-refractivity contribution in [1.29, 1.82) is 5.41 Å². The molecule has 15 heteroatoms. The molecule has 12 nitrogen and oxygen atoms in total. The third kappa shape index (κ3) is 27.0. The number of hydrogen-bond donors (Lipinski definition) is 2. The number of aliphatic imine (C=N–C) groups is 2. The van der Waals surface area contributed by atoms with Crippen LogP contribution >= 0.6 is 0 Å². The zero-order valence-corrected chi connectivity index (χ0v) is 36.7.